The Morgan fingerprint density at radius 3 is 2.36 bits per heavy atom. The van der Waals surface area contributed by atoms with Crippen LogP contribution in [0.5, 0.6) is 0 Å². The van der Waals surface area contributed by atoms with Crippen LogP contribution in [0.4, 0.5) is 13.2 Å². The number of carbonyl (C=O) groups excluding carboxylic acids is 1. The summed E-state index contributed by atoms with van der Waals surface area (Å²) >= 11 is 4.99. The fourth-order valence-electron chi connectivity index (χ4n) is 1.02. The van der Waals surface area contributed by atoms with E-state index < -0.39 is 28.3 Å². The molecule has 1 aromatic carbocycles. The third-order valence-corrected chi connectivity index (χ3v) is 1.90. The summed E-state index contributed by atoms with van der Waals surface area (Å²) in [6, 6.07) is 1.50. The zero-order chi connectivity index (χ0) is 10.7. The van der Waals surface area contributed by atoms with Crippen LogP contribution < -0.4 is 0 Å². The van der Waals surface area contributed by atoms with Gasteiger partial charge in [0.05, 0.1) is 0 Å². The molecule has 0 heterocycles. The zero-order valence-electron chi connectivity index (χ0n) is 6.99. The Balaban J connectivity index is 2.95. The molecule has 0 radical (unpaired) electrons. The van der Waals surface area contributed by atoms with E-state index in [1.165, 1.54) is 0 Å². The van der Waals surface area contributed by atoms with Crippen LogP contribution in [0, 0.1) is 17.5 Å². The van der Waals surface area contributed by atoms with Crippen molar-refractivity contribution in [2.75, 3.05) is 0 Å². The van der Waals surface area contributed by atoms with Gasteiger partial charge in [0.1, 0.15) is 5.82 Å². The molecular weight excluding hydrogens is 217 g/mol. The predicted octanol–water partition coefficient (Wildman–Crippen LogP) is 2.80. The lowest BCUT2D eigenvalue weighted by Gasteiger charge is -2.03. The van der Waals surface area contributed by atoms with Crippen LogP contribution in [0.25, 0.3) is 0 Å². The number of rotatable bonds is 3. The van der Waals surface area contributed by atoms with Crippen molar-refractivity contribution in [1.29, 1.82) is 0 Å². The molecule has 0 aliphatic carbocycles. The van der Waals surface area contributed by atoms with E-state index in [2.05, 4.69) is 0 Å². The van der Waals surface area contributed by atoms with Gasteiger partial charge in [-0.15, -0.1) is 0 Å². The Bertz CT molecular complexity index is 365. The average Bonchev–Trinajstić information content (AvgIpc) is 2.11. The highest BCUT2D eigenvalue weighted by atomic mass is 35.5. The zero-order valence-corrected chi connectivity index (χ0v) is 7.74. The highest BCUT2D eigenvalue weighted by molar-refractivity contribution is 6.63. The largest absolute Gasteiger partial charge is 0.281 e. The van der Waals surface area contributed by atoms with Gasteiger partial charge in [-0.1, -0.05) is 0 Å². The van der Waals surface area contributed by atoms with Gasteiger partial charge in [0, 0.05) is 12.0 Å². The minimum atomic E-state index is -1.26. The highest BCUT2D eigenvalue weighted by Gasteiger charge is 2.14. The van der Waals surface area contributed by atoms with Crippen molar-refractivity contribution in [3.63, 3.8) is 0 Å². The number of hydrogen-bond donors (Lipinski definition) is 0. The van der Waals surface area contributed by atoms with E-state index >= 15 is 0 Å². The first kappa shape index (κ1) is 11.0. The second-order valence-corrected chi connectivity index (χ2v) is 3.10. The van der Waals surface area contributed by atoms with Crippen LogP contribution in [-0.4, -0.2) is 5.24 Å². The van der Waals surface area contributed by atoms with E-state index in [4.69, 9.17) is 11.6 Å². The maximum absolute atomic E-state index is 12.9. The van der Waals surface area contributed by atoms with Crippen molar-refractivity contribution in [3.8, 4) is 0 Å². The van der Waals surface area contributed by atoms with Crippen molar-refractivity contribution < 1.29 is 18.0 Å². The van der Waals surface area contributed by atoms with Crippen LogP contribution in [0.15, 0.2) is 12.1 Å². The summed E-state index contributed by atoms with van der Waals surface area (Å²) in [6.45, 7) is 0. The van der Waals surface area contributed by atoms with E-state index in [-0.39, 0.29) is 12.8 Å². The molecule has 5 heteroatoms. The minimum absolute atomic E-state index is 0.223. The molecule has 76 valence electrons. The highest BCUT2D eigenvalue weighted by Crippen LogP contribution is 2.17. The number of hydrogen-bond acceptors (Lipinski definition) is 1. The van der Waals surface area contributed by atoms with Crippen LogP contribution in [0.1, 0.15) is 12.0 Å². The molecule has 1 rings (SSSR count). The molecule has 14 heavy (non-hydrogen) atoms. The molecule has 0 saturated heterocycles. The molecule has 1 aromatic rings. The van der Waals surface area contributed by atoms with Crippen molar-refractivity contribution in [2.45, 2.75) is 12.8 Å². The summed E-state index contributed by atoms with van der Waals surface area (Å²) in [7, 11) is 0. The second-order valence-electron chi connectivity index (χ2n) is 2.68. The molecule has 0 unspecified atom stereocenters. The third kappa shape index (κ3) is 2.48. The molecule has 0 saturated carbocycles. The average molecular weight is 223 g/mol. The predicted molar refractivity (Wildman–Crippen MR) is 45.5 cm³/mol. The van der Waals surface area contributed by atoms with E-state index in [9.17, 15) is 18.0 Å². The molecule has 1 nitrogen and oxygen atoms in total. The molecule has 0 aromatic heterocycles. The molecule has 0 bridgehead atoms. The quantitative estimate of drug-likeness (QED) is 0.568. The van der Waals surface area contributed by atoms with Crippen molar-refractivity contribution >= 4 is 16.8 Å². The number of carbonyl (C=O) groups is 1. The summed E-state index contributed by atoms with van der Waals surface area (Å²) in [5, 5.41) is -0.715. The van der Waals surface area contributed by atoms with Gasteiger partial charge in [0.25, 0.3) is 0 Å². The monoisotopic (exact) mass is 222 g/mol. The Kier molecular flexibility index (Phi) is 3.52. The molecule has 0 N–H and O–H groups in total. The van der Waals surface area contributed by atoms with Crippen LogP contribution >= 0.6 is 11.6 Å². The molecule has 0 atom stereocenters. The van der Waals surface area contributed by atoms with Gasteiger partial charge < -0.3 is 0 Å². The molecule has 0 spiro atoms. The maximum atomic E-state index is 12.9. The standard InChI is InChI=1S/C9H6ClF3O/c10-8(14)4-1-5-6(11)2-3-7(12)9(5)13/h2-3H,1,4H2. The number of halogens is 4. The van der Waals surface area contributed by atoms with Gasteiger partial charge >= 0.3 is 0 Å². The Labute approximate surface area is 83.5 Å². The first-order valence-electron chi connectivity index (χ1n) is 3.83. The lowest BCUT2D eigenvalue weighted by molar-refractivity contribution is -0.111. The van der Waals surface area contributed by atoms with Gasteiger partial charge in [-0.2, -0.15) is 0 Å². The van der Waals surface area contributed by atoms with E-state index in [0.717, 1.165) is 6.07 Å². The molecule has 0 amide bonds. The summed E-state index contributed by atoms with van der Waals surface area (Å²) in [5.74, 6) is -3.27. The summed E-state index contributed by atoms with van der Waals surface area (Å²) < 4.78 is 38.5. The van der Waals surface area contributed by atoms with E-state index in [0.29, 0.717) is 6.07 Å². The van der Waals surface area contributed by atoms with Crippen molar-refractivity contribution in [1.82, 2.24) is 0 Å². The maximum Gasteiger partial charge on any atom is 0.221 e. The topological polar surface area (TPSA) is 17.1 Å². The van der Waals surface area contributed by atoms with E-state index in [1.807, 2.05) is 0 Å². The summed E-state index contributed by atoms with van der Waals surface area (Å²) in [6.07, 6.45) is -0.462. The SMILES string of the molecule is O=C(Cl)CCc1c(F)ccc(F)c1F. The van der Waals surface area contributed by atoms with E-state index in [1.54, 1.807) is 0 Å². The van der Waals surface area contributed by atoms with Gasteiger partial charge in [-0.05, 0) is 30.2 Å². The summed E-state index contributed by atoms with van der Waals surface area (Å²) in [5.41, 5.74) is -0.445. The Morgan fingerprint density at radius 2 is 1.79 bits per heavy atom. The number of benzene rings is 1. The van der Waals surface area contributed by atoms with Crippen molar-refractivity contribution in [3.05, 3.63) is 35.1 Å². The van der Waals surface area contributed by atoms with Crippen LogP contribution in [-0.2, 0) is 11.2 Å². The van der Waals surface area contributed by atoms with Crippen molar-refractivity contribution in [2.24, 2.45) is 0 Å². The lowest BCUT2D eigenvalue weighted by Crippen LogP contribution is -2.01. The van der Waals surface area contributed by atoms with Gasteiger partial charge in [-0.3, -0.25) is 4.79 Å². The normalized spacial score (nSPS) is 10.3. The molecule has 0 fully saturated rings. The molecule has 0 aliphatic rings. The van der Waals surface area contributed by atoms with Crippen LogP contribution in [0.2, 0.25) is 0 Å². The summed E-state index contributed by atoms with van der Waals surface area (Å²) in [4.78, 5) is 10.4. The molecule has 0 aliphatic heterocycles. The second kappa shape index (κ2) is 4.46. The first-order valence-corrected chi connectivity index (χ1v) is 4.21. The molecular formula is C9H6ClF3O. The smallest absolute Gasteiger partial charge is 0.221 e. The third-order valence-electron chi connectivity index (χ3n) is 1.71. The van der Waals surface area contributed by atoms with Gasteiger partial charge in [0.2, 0.25) is 5.24 Å². The lowest BCUT2D eigenvalue weighted by atomic mass is 10.1. The Morgan fingerprint density at radius 1 is 1.21 bits per heavy atom. The van der Waals surface area contributed by atoms with Crippen LogP contribution in [0.3, 0.4) is 0 Å². The minimum Gasteiger partial charge on any atom is -0.281 e. The fraction of sp³-hybridized carbons (Fsp3) is 0.222. The van der Waals surface area contributed by atoms with Gasteiger partial charge in [0.15, 0.2) is 11.6 Å². The van der Waals surface area contributed by atoms with Gasteiger partial charge in [-0.25, -0.2) is 13.2 Å². The first-order chi connectivity index (χ1) is 6.52. The Hall–Kier alpha value is -1.03. The fourth-order valence-corrected chi connectivity index (χ4v) is 1.12.